The zero-order chi connectivity index (χ0) is 11.9. The van der Waals surface area contributed by atoms with Crippen molar-refractivity contribution in [1.82, 2.24) is 9.78 Å². The van der Waals surface area contributed by atoms with Gasteiger partial charge in [0.2, 0.25) is 0 Å². The normalized spacial score (nSPS) is 16.9. The number of methoxy groups -OCH3 is 1. The summed E-state index contributed by atoms with van der Waals surface area (Å²) < 4.78 is 6.42. The van der Waals surface area contributed by atoms with E-state index in [2.05, 4.69) is 5.10 Å². The standard InChI is InChI=1S/C11H14N2O3/c1-7-9(6-14)8(2)13(12-7)11(4-5-11)10(15)16-3/h6H,4-5H2,1-3H3. The lowest BCUT2D eigenvalue weighted by molar-refractivity contribution is -0.146. The molecule has 0 amide bonds. The van der Waals surface area contributed by atoms with Crippen LogP contribution in [0.25, 0.3) is 0 Å². The minimum absolute atomic E-state index is 0.282. The molecular formula is C11H14N2O3. The fourth-order valence-electron chi connectivity index (χ4n) is 2.05. The van der Waals surface area contributed by atoms with E-state index in [-0.39, 0.29) is 5.97 Å². The number of hydrogen-bond donors (Lipinski definition) is 0. The summed E-state index contributed by atoms with van der Waals surface area (Å²) in [5.41, 5.74) is 1.29. The number of aldehydes is 1. The summed E-state index contributed by atoms with van der Waals surface area (Å²) in [5, 5.41) is 4.27. The van der Waals surface area contributed by atoms with E-state index in [9.17, 15) is 9.59 Å². The monoisotopic (exact) mass is 222 g/mol. The summed E-state index contributed by atoms with van der Waals surface area (Å²) in [6.45, 7) is 3.56. The van der Waals surface area contributed by atoms with Crippen molar-refractivity contribution in [1.29, 1.82) is 0 Å². The van der Waals surface area contributed by atoms with Crippen LogP contribution in [-0.4, -0.2) is 29.1 Å². The average Bonchev–Trinajstić information content (AvgIpc) is 3.01. The van der Waals surface area contributed by atoms with Gasteiger partial charge in [-0.3, -0.25) is 9.48 Å². The first kappa shape index (κ1) is 10.9. The van der Waals surface area contributed by atoms with Crippen LogP contribution in [0.1, 0.15) is 34.6 Å². The third-order valence-electron chi connectivity index (χ3n) is 3.16. The summed E-state index contributed by atoms with van der Waals surface area (Å²) >= 11 is 0. The first-order chi connectivity index (χ1) is 7.56. The summed E-state index contributed by atoms with van der Waals surface area (Å²) in [4.78, 5) is 22.6. The highest BCUT2D eigenvalue weighted by Crippen LogP contribution is 2.45. The number of hydrogen-bond acceptors (Lipinski definition) is 4. The summed E-state index contributed by atoms with van der Waals surface area (Å²) in [5.74, 6) is -0.282. The Morgan fingerprint density at radius 3 is 2.50 bits per heavy atom. The molecule has 0 bridgehead atoms. The van der Waals surface area contributed by atoms with Gasteiger partial charge in [-0.15, -0.1) is 0 Å². The summed E-state index contributed by atoms with van der Waals surface area (Å²) in [7, 11) is 1.37. The molecule has 1 aromatic rings. The third-order valence-corrected chi connectivity index (χ3v) is 3.16. The maximum atomic E-state index is 11.7. The van der Waals surface area contributed by atoms with Crippen LogP contribution in [0.3, 0.4) is 0 Å². The number of nitrogens with zero attached hydrogens (tertiary/aromatic N) is 2. The molecule has 2 rings (SSSR count). The van der Waals surface area contributed by atoms with Crippen LogP contribution in [0.4, 0.5) is 0 Å². The maximum absolute atomic E-state index is 11.7. The number of aromatic nitrogens is 2. The molecule has 0 saturated heterocycles. The quantitative estimate of drug-likeness (QED) is 0.565. The first-order valence-electron chi connectivity index (χ1n) is 5.17. The van der Waals surface area contributed by atoms with Crippen LogP contribution >= 0.6 is 0 Å². The molecule has 5 nitrogen and oxygen atoms in total. The van der Waals surface area contributed by atoms with Gasteiger partial charge >= 0.3 is 5.97 Å². The Balaban J connectivity index is 2.49. The molecule has 0 aromatic carbocycles. The molecule has 0 spiro atoms. The highest BCUT2D eigenvalue weighted by atomic mass is 16.5. The Morgan fingerprint density at radius 1 is 1.50 bits per heavy atom. The van der Waals surface area contributed by atoms with Crippen LogP contribution in [-0.2, 0) is 15.1 Å². The first-order valence-corrected chi connectivity index (χ1v) is 5.17. The van der Waals surface area contributed by atoms with Gasteiger partial charge in [0.15, 0.2) is 11.8 Å². The Morgan fingerprint density at radius 2 is 2.12 bits per heavy atom. The van der Waals surface area contributed by atoms with E-state index in [1.807, 2.05) is 0 Å². The van der Waals surface area contributed by atoms with Crippen LogP contribution < -0.4 is 0 Å². The van der Waals surface area contributed by atoms with Crippen molar-refractivity contribution in [2.45, 2.75) is 32.2 Å². The molecule has 1 aliphatic carbocycles. The molecule has 86 valence electrons. The maximum Gasteiger partial charge on any atom is 0.333 e. The predicted octanol–water partition coefficient (Wildman–Crippen LogP) is 0.975. The number of rotatable bonds is 3. The SMILES string of the molecule is COC(=O)C1(n2nc(C)c(C=O)c2C)CC1. The Bertz CT molecular complexity index is 458. The third kappa shape index (κ3) is 1.27. The fraction of sp³-hybridized carbons (Fsp3) is 0.545. The van der Waals surface area contributed by atoms with Gasteiger partial charge in [-0.05, 0) is 26.7 Å². The zero-order valence-electron chi connectivity index (χ0n) is 9.61. The minimum atomic E-state index is -0.662. The van der Waals surface area contributed by atoms with Crippen molar-refractivity contribution in [2.24, 2.45) is 0 Å². The van der Waals surface area contributed by atoms with Gasteiger partial charge in [-0.25, -0.2) is 4.79 Å². The number of carbonyl (C=O) groups is 2. The Labute approximate surface area is 93.4 Å². The molecule has 1 aromatic heterocycles. The van der Waals surface area contributed by atoms with Crippen molar-refractivity contribution < 1.29 is 14.3 Å². The second-order valence-corrected chi connectivity index (χ2v) is 4.14. The van der Waals surface area contributed by atoms with Gasteiger partial charge in [0.1, 0.15) is 0 Å². The van der Waals surface area contributed by atoms with Crippen molar-refractivity contribution in [3.8, 4) is 0 Å². The minimum Gasteiger partial charge on any atom is -0.467 e. The van der Waals surface area contributed by atoms with E-state index in [0.29, 0.717) is 11.3 Å². The Hall–Kier alpha value is -1.65. The van der Waals surface area contributed by atoms with E-state index in [0.717, 1.165) is 24.8 Å². The van der Waals surface area contributed by atoms with Crippen LogP contribution in [0.15, 0.2) is 0 Å². The largest absolute Gasteiger partial charge is 0.467 e. The van der Waals surface area contributed by atoms with Gasteiger partial charge in [-0.1, -0.05) is 0 Å². The zero-order valence-corrected chi connectivity index (χ0v) is 9.61. The van der Waals surface area contributed by atoms with Gasteiger partial charge in [0.05, 0.1) is 18.4 Å². The Kier molecular flexibility index (Phi) is 2.33. The van der Waals surface area contributed by atoms with Crippen molar-refractivity contribution in [3.63, 3.8) is 0 Å². The van der Waals surface area contributed by atoms with E-state index in [1.165, 1.54) is 7.11 Å². The molecule has 1 fully saturated rings. The lowest BCUT2D eigenvalue weighted by atomic mass is 10.2. The predicted molar refractivity (Wildman–Crippen MR) is 56.3 cm³/mol. The molecule has 1 saturated carbocycles. The molecule has 0 aliphatic heterocycles. The van der Waals surface area contributed by atoms with Gasteiger partial charge in [-0.2, -0.15) is 5.10 Å². The summed E-state index contributed by atoms with van der Waals surface area (Å²) in [6.07, 6.45) is 2.22. The van der Waals surface area contributed by atoms with Crippen LogP contribution in [0.2, 0.25) is 0 Å². The van der Waals surface area contributed by atoms with E-state index in [1.54, 1.807) is 18.5 Å². The molecule has 5 heteroatoms. The highest BCUT2D eigenvalue weighted by molar-refractivity contribution is 5.83. The van der Waals surface area contributed by atoms with E-state index < -0.39 is 5.54 Å². The molecular weight excluding hydrogens is 208 g/mol. The molecule has 16 heavy (non-hydrogen) atoms. The van der Waals surface area contributed by atoms with Crippen LogP contribution in [0.5, 0.6) is 0 Å². The van der Waals surface area contributed by atoms with Crippen molar-refractivity contribution in [3.05, 3.63) is 17.0 Å². The lowest BCUT2D eigenvalue weighted by Gasteiger charge is -2.15. The number of carbonyl (C=O) groups excluding carboxylic acids is 2. The molecule has 0 N–H and O–H groups in total. The second kappa shape index (κ2) is 3.43. The number of ether oxygens (including phenoxy) is 1. The number of esters is 1. The highest BCUT2D eigenvalue weighted by Gasteiger charge is 2.55. The summed E-state index contributed by atoms with van der Waals surface area (Å²) in [6, 6.07) is 0. The second-order valence-electron chi connectivity index (χ2n) is 4.14. The molecule has 0 unspecified atom stereocenters. The lowest BCUT2D eigenvalue weighted by Crippen LogP contribution is -2.30. The van der Waals surface area contributed by atoms with Gasteiger partial charge in [0, 0.05) is 5.69 Å². The van der Waals surface area contributed by atoms with Gasteiger partial charge in [0.25, 0.3) is 0 Å². The smallest absolute Gasteiger partial charge is 0.333 e. The van der Waals surface area contributed by atoms with E-state index >= 15 is 0 Å². The van der Waals surface area contributed by atoms with Gasteiger partial charge < -0.3 is 4.74 Å². The van der Waals surface area contributed by atoms with Crippen molar-refractivity contribution in [2.75, 3.05) is 7.11 Å². The fourth-order valence-corrected chi connectivity index (χ4v) is 2.05. The molecule has 0 atom stereocenters. The molecule has 0 radical (unpaired) electrons. The molecule has 1 aliphatic rings. The van der Waals surface area contributed by atoms with E-state index in [4.69, 9.17) is 4.74 Å². The topological polar surface area (TPSA) is 61.2 Å². The molecule has 1 heterocycles. The number of aryl methyl sites for hydroxylation is 1. The van der Waals surface area contributed by atoms with Crippen LogP contribution in [0, 0.1) is 13.8 Å². The average molecular weight is 222 g/mol. The van der Waals surface area contributed by atoms with Crippen molar-refractivity contribution >= 4 is 12.3 Å².